The Morgan fingerprint density at radius 3 is 2.88 bits per heavy atom. The van der Waals surface area contributed by atoms with E-state index in [9.17, 15) is 4.79 Å². The Morgan fingerprint density at radius 2 is 2.25 bits per heavy atom. The van der Waals surface area contributed by atoms with E-state index in [0.29, 0.717) is 6.54 Å². The predicted octanol–water partition coefficient (Wildman–Crippen LogP) is 0.696. The number of pyridine rings is 1. The van der Waals surface area contributed by atoms with E-state index in [1.807, 2.05) is 32.2 Å². The minimum atomic E-state index is -0.0295. The molecule has 0 fully saturated rings. The number of hydrogen-bond acceptors (Lipinski definition) is 4. The van der Waals surface area contributed by atoms with Crippen molar-refractivity contribution in [1.82, 2.24) is 10.3 Å². The average molecular weight is 222 g/mol. The van der Waals surface area contributed by atoms with Crippen molar-refractivity contribution in [3.8, 4) is 0 Å². The summed E-state index contributed by atoms with van der Waals surface area (Å²) in [5.74, 6) is 1.57. The van der Waals surface area contributed by atoms with E-state index < -0.39 is 0 Å². The summed E-state index contributed by atoms with van der Waals surface area (Å²) in [5.41, 5.74) is 0. The lowest BCUT2D eigenvalue weighted by atomic mass is 10.4. The lowest BCUT2D eigenvalue weighted by Crippen LogP contribution is -2.33. The summed E-state index contributed by atoms with van der Waals surface area (Å²) >= 11 is 0. The molecule has 1 aromatic rings. The first-order chi connectivity index (χ1) is 7.67. The molecule has 0 aromatic carbocycles. The maximum absolute atomic E-state index is 11.2. The van der Waals surface area contributed by atoms with Crippen LogP contribution in [0.15, 0.2) is 18.2 Å². The summed E-state index contributed by atoms with van der Waals surface area (Å²) in [5, 5.41) is 5.71. The molecule has 0 saturated carbocycles. The lowest BCUT2D eigenvalue weighted by Gasteiger charge is -2.17. The van der Waals surface area contributed by atoms with Gasteiger partial charge in [0.2, 0.25) is 5.91 Å². The predicted molar refractivity (Wildman–Crippen MR) is 65.7 cm³/mol. The van der Waals surface area contributed by atoms with Crippen LogP contribution in [0.2, 0.25) is 0 Å². The third-order valence-corrected chi connectivity index (χ3v) is 2.14. The monoisotopic (exact) mass is 222 g/mol. The van der Waals surface area contributed by atoms with Gasteiger partial charge < -0.3 is 15.5 Å². The van der Waals surface area contributed by atoms with Gasteiger partial charge in [0.25, 0.3) is 0 Å². The Kier molecular flexibility index (Phi) is 4.57. The first kappa shape index (κ1) is 12.3. The molecule has 0 unspecified atom stereocenters. The maximum Gasteiger partial charge on any atom is 0.239 e. The van der Waals surface area contributed by atoms with Crippen molar-refractivity contribution >= 4 is 17.5 Å². The van der Waals surface area contributed by atoms with E-state index >= 15 is 0 Å². The fourth-order valence-electron chi connectivity index (χ4n) is 1.29. The van der Waals surface area contributed by atoms with Gasteiger partial charge in [-0.05, 0) is 19.1 Å². The van der Waals surface area contributed by atoms with Crippen molar-refractivity contribution in [2.75, 3.05) is 37.4 Å². The fourth-order valence-corrected chi connectivity index (χ4v) is 1.29. The second-order valence-electron chi connectivity index (χ2n) is 3.44. The van der Waals surface area contributed by atoms with Crippen molar-refractivity contribution < 1.29 is 4.79 Å². The quantitative estimate of drug-likeness (QED) is 0.770. The fraction of sp³-hybridized carbons (Fsp3) is 0.455. The number of rotatable bonds is 5. The second-order valence-corrected chi connectivity index (χ2v) is 3.44. The summed E-state index contributed by atoms with van der Waals surface area (Å²) in [6, 6.07) is 5.70. The Hall–Kier alpha value is -1.78. The molecule has 0 aliphatic heterocycles. The van der Waals surface area contributed by atoms with Gasteiger partial charge in [-0.3, -0.25) is 4.79 Å². The third kappa shape index (κ3) is 3.42. The summed E-state index contributed by atoms with van der Waals surface area (Å²) in [6.45, 7) is 3.15. The molecule has 1 rings (SSSR count). The number of amides is 1. The van der Waals surface area contributed by atoms with Crippen LogP contribution < -0.4 is 15.5 Å². The molecule has 0 saturated heterocycles. The Bertz CT molecular complexity index is 354. The first-order valence-corrected chi connectivity index (χ1v) is 5.30. The minimum Gasteiger partial charge on any atom is -0.370 e. The Morgan fingerprint density at radius 1 is 1.50 bits per heavy atom. The number of nitrogens with zero attached hydrogens (tertiary/aromatic N) is 2. The topological polar surface area (TPSA) is 57.3 Å². The highest BCUT2D eigenvalue weighted by atomic mass is 16.1. The van der Waals surface area contributed by atoms with Crippen molar-refractivity contribution in [3.63, 3.8) is 0 Å². The molecule has 5 heteroatoms. The van der Waals surface area contributed by atoms with Gasteiger partial charge in [0.05, 0.1) is 6.54 Å². The standard InChI is InChI=1S/C11H18N4O/c1-4-13-9-6-5-7-10(14-9)15(3)8-11(16)12-2/h5-7H,4,8H2,1-3H3,(H,12,16)(H,13,14). The summed E-state index contributed by atoms with van der Waals surface area (Å²) in [6.07, 6.45) is 0. The molecule has 5 nitrogen and oxygen atoms in total. The Labute approximate surface area is 95.9 Å². The summed E-state index contributed by atoms with van der Waals surface area (Å²) in [7, 11) is 3.46. The van der Waals surface area contributed by atoms with Crippen LogP contribution in [0.25, 0.3) is 0 Å². The SMILES string of the molecule is CCNc1cccc(N(C)CC(=O)NC)n1. The van der Waals surface area contributed by atoms with Crippen LogP contribution in [0.1, 0.15) is 6.92 Å². The molecule has 1 heterocycles. The molecule has 1 aromatic heterocycles. The number of anilines is 2. The first-order valence-electron chi connectivity index (χ1n) is 5.30. The van der Waals surface area contributed by atoms with Gasteiger partial charge in [-0.15, -0.1) is 0 Å². The average Bonchev–Trinajstić information content (AvgIpc) is 2.29. The van der Waals surface area contributed by atoms with Gasteiger partial charge in [-0.1, -0.05) is 6.07 Å². The zero-order chi connectivity index (χ0) is 12.0. The van der Waals surface area contributed by atoms with Crippen LogP contribution in [0.4, 0.5) is 11.6 Å². The second kappa shape index (κ2) is 5.95. The molecule has 2 N–H and O–H groups in total. The number of carbonyl (C=O) groups is 1. The van der Waals surface area contributed by atoms with Crippen LogP contribution in [0, 0.1) is 0 Å². The van der Waals surface area contributed by atoms with E-state index in [2.05, 4.69) is 15.6 Å². The van der Waals surface area contributed by atoms with Gasteiger partial charge in [0, 0.05) is 20.6 Å². The maximum atomic E-state index is 11.2. The molecule has 0 bridgehead atoms. The van der Waals surface area contributed by atoms with Gasteiger partial charge in [-0.25, -0.2) is 4.98 Å². The van der Waals surface area contributed by atoms with Crippen LogP contribution in [0.5, 0.6) is 0 Å². The smallest absolute Gasteiger partial charge is 0.239 e. The van der Waals surface area contributed by atoms with Gasteiger partial charge >= 0.3 is 0 Å². The molecule has 1 amide bonds. The van der Waals surface area contributed by atoms with E-state index in [1.165, 1.54) is 0 Å². The summed E-state index contributed by atoms with van der Waals surface area (Å²) < 4.78 is 0. The van der Waals surface area contributed by atoms with E-state index in [-0.39, 0.29) is 5.91 Å². The molecular weight excluding hydrogens is 204 g/mol. The van der Waals surface area contributed by atoms with Crippen LogP contribution in [-0.4, -0.2) is 38.1 Å². The normalized spacial score (nSPS) is 9.69. The highest BCUT2D eigenvalue weighted by Crippen LogP contribution is 2.12. The minimum absolute atomic E-state index is 0.0295. The van der Waals surface area contributed by atoms with E-state index in [1.54, 1.807) is 11.9 Å². The number of aromatic nitrogens is 1. The molecule has 0 spiro atoms. The molecule has 0 atom stereocenters. The van der Waals surface area contributed by atoms with Crippen molar-refractivity contribution in [1.29, 1.82) is 0 Å². The zero-order valence-corrected chi connectivity index (χ0v) is 9.95. The van der Waals surface area contributed by atoms with Gasteiger partial charge in [0.15, 0.2) is 0 Å². The number of hydrogen-bond donors (Lipinski definition) is 2. The molecule has 0 aliphatic rings. The zero-order valence-electron chi connectivity index (χ0n) is 9.95. The largest absolute Gasteiger partial charge is 0.370 e. The van der Waals surface area contributed by atoms with Crippen LogP contribution in [0.3, 0.4) is 0 Å². The summed E-state index contributed by atoms with van der Waals surface area (Å²) in [4.78, 5) is 17.4. The van der Waals surface area contributed by atoms with Gasteiger partial charge in [0.1, 0.15) is 11.6 Å². The van der Waals surface area contributed by atoms with Crippen molar-refractivity contribution in [2.45, 2.75) is 6.92 Å². The molecular formula is C11H18N4O. The molecule has 0 aliphatic carbocycles. The Balaban J connectivity index is 2.71. The van der Waals surface area contributed by atoms with E-state index in [0.717, 1.165) is 18.2 Å². The van der Waals surface area contributed by atoms with Crippen molar-refractivity contribution in [3.05, 3.63) is 18.2 Å². The van der Waals surface area contributed by atoms with Crippen LogP contribution >= 0.6 is 0 Å². The molecule has 16 heavy (non-hydrogen) atoms. The number of nitrogens with one attached hydrogen (secondary N) is 2. The number of carbonyl (C=O) groups excluding carboxylic acids is 1. The number of likely N-dealkylation sites (N-methyl/N-ethyl adjacent to an activating group) is 2. The lowest BCUT2D eigenvalue weighted by molar-refractivity contribution is -0.119. The van der Waals surface area contributed by atoms with E-state index in [4.69, 9.17) is 0 Å². The molecule has 88 valence electrons. The van der Waals surface area contributed by atoms with Gasteiger partial charge in [-0.2, -0.15) is 0 Å². The van der Waals surface area contributed by atoms with Crippen LogP contribution in [-0.2, 0) is 4.79 Å². The molecule has 0 radical (unpaired) electrons. The highest BCUT2D eigenvalue weighted by molar-refractivity contribution is 5.80. The third-order valence-electron chi connectivity index (χ3n) is 2.14. The highest BCUT2D eigenvalue weighted by Gasteiger charge is 2.07. The van der Waals surface area contributed by atoms with Crippen molar-refractivity contribution in [2.24, 2.45) is 0 Å².